The van der Waals surface area contributed by atoms with E-state index in [0.717, 1.165) is 45.4 Å². The molecule has 4 rings (SSSR count). The molecule has 30 heavy (non-hydrogen) atoms. The number of hydrogen-bond acceptors (Lipinski definition) is 6. The Bertz CT molecular complexity index is 869. The maximum absolute atomic E-state index is 12.9. The van der Waals surface area contributed by atoms with Crippen molar-refractivity contribution in [2.45, 2.75) is 38.1 Å². The van der Waals surface area contributed by atoms with Crippen LogP contribution in [0.15, 0.2) is 34.9 Å². The summed E-state index contributed by atoms with van der Waals surface area (Å²) in [5, 5.41) is 4.13. The van der Waals surface area contributed by atoms with Crippen LogP contribution in [-0.4, -0.2) is 76.4 Å². The van der Waals surface area contributed by atoms with Crippen molar-refractivity contribution in [3.05, 3.63) is 47.6 Å². The SMILES string of the molecule is CN1CCCN(C(=O)CCc2nc(C3CCCN3C(=O)c3ccccc3)no2)CC1. The first-order valence-corrected chi connectivity index (χ1v) is 10.8. The summed E-state index contributed by atoms with van der Waals surface area (Å²) in [6, 6.07) is 9.10. The molecule has 1 aromatic heterocycles. The van der Waals surface area contributed by atoms with E-state index in [-0.39, 0.29) is 17.9 Å². The Hall–Kier alpha value is -2.74. The van der Waals surface area contributed by atoms with E-state index >= 15 is 0 Å². The Balaban J connectivity index is 1.35. The Morgan fingerprint density at radius 2 is 1.90 bits per heavy atom. The predicted octanol–water partition coefficient (Wildman–Crippen LogP) is 2.14. The number of carbonyl (C=O) groups is 2. The maximum Gasteiger partial charge on any atom is 0.254 e. The van der Waals surface area contributed by atoms with E-state index in [1.165, 1.54) is 0 Å². The highest BCUT2D eigenvalue weighted by atomic mass is 16.5. The average molecular weight is 412 g/mol. The third-order valence-electron chi connectivity index (χ3n) is 5.94. The predicted molar refractivity (Wildman–Crippen MR) is 111 cm³/mol. The van der Waals surface area contributed by atoms with E-state index < -0.39 is 0 Å². The summed E-state index contributed by atoms with van der Waals surface area (Å²) in [4.78, 5) is 35.9. The lowest BCUT2D eigenvalue weighted by Gasteiger charge is -2.22. The fourth-order valence-corrected chi connectivity index (χ4v) is 4.20. The molecular weight excluding hydrogens is 382 g/mol. The van der Waals surface area contributed by atoms with Gasteiger partial charge in [-0.3, -0.25) is 9.59 Å². The molecule has 0 spiro atoms. The quantitative estimate of drug-likeness (QED) is 0.750. The van der Waals surface area contributed by atoms with Gasteiger partial charge in [-0.1, -0.05) is 23.4 Å². The summed E-state index contributed by atoms with van der Waals surface area (Å²) in [6.07, 6.45) is 3.52. The number of rotatable bonds is 5. The second-order valence-electron chi connectivity index (χ2n) is 8.11. The van der Waals surface area contributed by atoms with E-state index in [2.05, 4.69) is 22.1 Å². The van der Waals surface area contributed by atoms with Crippen molar-refractivity contribution < 1.29 is 14.1 Å². The molecule has 2 fully saturated rings. The van der Waals surface area contributed by atoms with Gasteiger partial charge < -0.3 is 19.2 Å². The molecule has 1 atom stereocenters. The molecule has 2 aromatic rings. The summed E-state index contributed by atoms with van der Waals surface area (Å²) in [6.45, 7) is 4.18. The first-order valence-electron chi connectivity index (χ1n) is 10.8. The van der Waals surface area contributed by atoms with Gasteiger partial charge in [-0.2, -0.15) is 4.98 Å². The molecule has 0 saturated carbocycles. The number of nitrogens with zero attached hydrogens (tertiary/aromatic N) is 5. The second kappa shape index (κ2) is 9.38. The molecule has 2 aliphatic rings. The van der Waals surface area contributed by atoms with Gasteiger partial charge >= 0.3 is 0 Å². The second-order valence-corrected chi connectivity index (χ2v) is 8.11. The van der Waals surface area contributed by atoms with Crippen molar-refractivity contribution in [1.82, 2.24) is 24.8 Å². The normalized spacial score (nSPS) is 20.4. The summed E-state index contributed by atoms with van der Waals surface area (Å²) in [7, 11) is 2.09. The van der Waals surface area contributed by atoms with Crippen LogP contribution in [0.3, 0.4) is 0 Å². The summed E-state index contributed by atoms with van der Waals surface area (Å²) >= 11 is 0. The number of aryl methyl sites for hydroxylation is 1. The van der Waals surface area contributed by atoms with E-state index in [1.54, 1.807) is 0 Å². The smallest absolute Gasteiger partial charge is 0.254 e. The van der Waals surface area contributed by atoms with Crippen LogP contribution in [0.1, 0.15) is 53.8 Å². The minimum atomic E-state index is -0.174. The van der Waals surface area contributed by atoms with Crippen LogP contribution in [0.5, 0.6) is 0 Å². The molecule has 1 unspecified atom stereocenters. The summed E-state index contributed by atoms with van der Waals surface area (Å²) in [5.41, 5.74) is 0.668. The van der Waals surface area contributed by atoms with Crippen LogP contribution in [-0.2, 0) is 11.2 Å². The van der Waals surface area contributed by atoms with Crippen molar-refractivity contribution in [3.8, 4) is 0 Å². The van der Waals surface area contributed by atoms with E-state index in [1.807, 2.05) is 40.1 Å². The number of benzene rings is 1. The number of likely N-dealkylation sites (tertiary alicyclic amines) is 1. The number of hydrogen-bond donors (Lipinski definition) is 0. The monoisotopic (exact) mass is 411 g/mol. The minimum Gasteiger partial charge on any atom is -0.341 e. The van der Waals surface area contributed by atoms with Crippen LogP contribution in [0, 0.1) is 0 Å². The molecule has 160 valence electrons. The van der Waals surface area contributed by atoms with Crippen LogP contribution < -0.4 is 0 Å². The van der Waals surface area contributed by atoms with Crippen LogP contribution in [0.2, 0.25) is 0 Å². The van der Waals surface area contributed by atoms with Crippen LogP contribution in [0.4, 0.5) is 0 Å². The molecule has 8 heteroatoms. The van der Waals surface area contributed by atoms with Crippen molar-refractivity contribution in [1.29, 1.82) is 0 Å². The largest absolute Gasteiger partial charge is 0.341 e. The third-order valence-corrected chi connectivity index (χ3v) is 5.94. The lowest BCUT2D eigenvalue weighted by Crippen LogP contribution is -2.34. The van der Waals surface area contributed by atoms with Gasteiger partial charge in [0.2, 0.25) is 11.8 Å². The van der Waals surface area contributed by atoms with Crippen molar-refractivity contribution in [2.75, 3.05) is 39.8 Å². The Morgan fingerprint density at radius 1 is 1.07 bits per heavy atom. The summed E-state index contributed by atoms with van der Waals surface area (Å²) < 4.78 is 5.41. The number of amides is 2. The lowest BCUT2D eigenvalue weighted by atomic mass is 10.1. The molecule has 0 radical (unpaired) electrons. The fourth-order valence-electron chi connectivity index (χ4n) is 4.20. The summed E-state index contributed by atoms with van der Waals surface area (Å²) in [5.74, 6) is 1.12. The van der Waals surface area contributed by atoms with E-state index in [4.69, 9.17) is 4.52 Å². The standard InChI is InChI=1S/C22H29N5O3/c1-25-12-6-13-26(16-15-25)20(28)11-10-19-23-21(24-30-19)18-9-5-14-27(18)22(29)17-7-3-2-4-8-17/h2-4,7-8,18H,5-6,9-16H2,1H3. The zero-order valence-electron chi connectivity index (χ0n) is 17.5. The third kappa shape index (κ3) is 4.70. The number of carbonyl (C=O) groups excluding carboxylic acids is 2. The Kier molecular flexibility index (Phi) is 6.42. The van der Waals surface area contributed by atoms with E-state index in [0.29, 0.717) is 36.7 Å². The molecule has 0 aliphatic carbocycles. The van der Waals surface area contributed by atoms with Crippen LogP contribution >= 0.6 is 0 Å². The highest BCUT2D eigenvalue weighted by Gasteiger charge is 2.34. The highest BCUT2D eigenvalue weighted by Crippen LogP contribution is 2.31. The maximum atomic E-state index is 12.9. The zero-order valence-corrected chi connectivity index (χ0v) is 17.5. The minimum absolute atomic E-state index is 0.00856. The lowest BCUT2D eigenvalue weighted by molar-refractivity contribution is -0.131. The number of likely N-dealkylation sites (N-methyl/N-ethyl adjacent to an activating group) is 1. The van der Waals surface area contributed by atoms with Gasteiger partial charge in [-0.25, -0.2) is 0 Å². The Labute approximate surface area is 176 Å². The highest BCUT2D eigenvalue weighted by molar-refractivity contribution is 5.94. The molecule has 2 saturated heterocycles. The first-order chi connectivity index (χ1) is 14.6. The van der Waals surface area contributed by atoms with Gasteiger partial charge in [0.15, 0.2) is 5.82 Å². The molecule has 2 amide bonds. The zero-order chi connectivity index (χ0) is 20.9. The molecule has 1 aromatic carbocycles. The van der Waals surface area contributed by atoms with Gasteiger partial charge in [-0.15, -0.1) is 0 Å². The average Bonchev–Trinajstić information content (AvgIpc) is 3.38. The molecular formula is C22H29N5O3. The molecule has 8 nitrogen and oxygen atoms in total. The van der Waals surface area contributed by atoms with Gasteiger partial charge in [0, 0.05) is 44.6 Å². The van der Waals surface area contributed by atoms with Crippen molar-refractivity contribution in [2.24, 2.45) is 0 Å². The first kappa shape index (κ1) is 20.5. The van der Waals surface area contributed by atoms with Crippen LogP contribution in [0.25, 0.3) is 0 Å². The molecule has 2 aliphatic heterocycles. The fraction of sp³-hybridized carbons (Fsp3) is 0.545. The van der Waals surface area contributed by atoms with Gasteiger partial charge in [0.1, 0.15) is 0 Å². The van der Waals surface area contributed by atoms with Crippen molar-refractivity contribution >= 4 is 11.8 Å². The topological polar surface area (TPSA) is 82.8 Å². The molecule has 0 bridgehead atoms. The van der Waals surface area contributed by atoms with Gasteiger partial charge in [0.05, 0.1) is 6.04 Å². The van der Waals surface area contributed by atoms with Gasteiger partial charge in [0.25, 0.3) is 5.91 Å². The Morgan fingerprint density at radius 3 is 2.73 bits per heavy atom. The molecule has 3 heterocycles. The van der Waals surface area contributed by atoms with Crippen molar-refractivity contribution in [3.63, 3.8) is 0 Å². The van der Waals surface area contributed by atoms with E-state index in [9.17, 15) is 9.59 Å². The molecule has 0 N–H and O–H groups in total. The van der Waals surface area contributed by atoms with Gasteiger partial charge in [-0.05, 0) is 45.0 Å². The number of aromatic nitrogens is 2.